The number of aliphatic hydroxyl groups excluding tert-OH is 2. The Morgan fingerprint density at radius 1 is 1.08 bits per heavy atom. The number of carbonyl (C=O) groups excluding carboxylic acids is 2. The molecule has 6 unspecified atom stereocenters. The SMILES string of the molecule is C=CCOC12Oc3ccc(Oc4cccc(C=O)c4)cc3C3C(CCCCO)C(CCCCO)C=C(C(=NOC)CC1N(CCC)C(=O)C1CC1)C32. The van der Waals surface area contributed by atoms with Crippen LogP contribution in [0.3, 0.4) is 0 Å². The summed E-state index contributed by atoms with van der Waals surface area (Å²) in [6, 6.07) is 12.4. The van der Waals surface area contributed by atoms with Crippen LogP contribution in [0.2, 0.25) is 0 Å². The van der Waals surface area contributed by atoms with Crippen LogP contribution >= 0.6 is 0 Å². The van der Waals surface area contributed by atoms with E-state index in [1.165, 1.54) is 0 Å². The minimum atomic E-state index is -1.25. The van der Waals surface area contributed by atoms with Crippen molar-refractivity contribution in [1.29, 1.82) is 0 Å². The van der Waals surface area contributed by atoms with Crippen LogP contribution in [-0.2, 0) is 14.4 Å². The maximum Gasteiger partial charge on any atom is 0.239 e. The van der Waals surface area contributed by atoms with Gasteiger partial charge in [0.2, 0.25) is 11.7 Å². The summed E-state index contributed by atoms with van der Waals surface area (Å²) in [6.45, 7) is 7.11. The maximum atomic E-state index is 14.2. The quantitative estimate of drug-likeness (QED) is 0.0677. The topological polar surface area (TPSA) is 127 Å². The molecule has 10 heteroatoms. The highest BCUT2D eigenvalue weighted by Crippen LogP contribution is 2.62. The predicted molar refractivity (Wildman–Crippen MR) is 199 cm³/mol. The molecule has 0 spiro atoms. The number of oxime groups is 1. The standard InChI is InChI=1S/C42H54N2O8/c1-4-19-44(41(48)29-15-16-29)38-26-36(43-49-3)34-24-30(12-6-8-20-45)33(14-7-9-21-46)39-35-25-32(51-31-13-10-11-28(23-31)27-47)17-18-37(35)52-42(38,40(34)39)50-22-5-2/h5,10-11,13,17-18,23-25,27,29-30,33,38-40,45-46H,2,4,6-9,12,14-16,19-22,26H2,1,3H3. The fraction of sp³-hybridized carbons (Fsp3) is 0.548. The normalized spacial score (nSPS) is 26.7. The Bertz CT molecular complexity index is 1640. The minimum absolute atomic E-state index is 0.000321. The number of hydrogen-bond acceptors (Lipinski definition) is 9. The average molecular weight is 715 g/mol. The Labute approximate surface area is 307 Å². The van der Waals surface area contributed by atoms with Gasteiger partial charge in [-0.2, -0.15) is 0 Å². The molecule has 1 amide bonds. The van der Waals surface area contributed by atoms with Crippen LogP contribution < -0.4 is 9.47 Å². The van der Waals surface area contributed by atoms with Crippen molar-refractivity contribution in [2.75, 3.05) is 33.5 Å². The number of fused-ring (bicyclic) bond motifs is 2. The van der Waals surface area contributed by atoms with Crippen molar-refractivity contribution in [2.24, 2.45) is 28.8 Å². The third-order valence-corrected chi connectivity index (χ3v) is 11.1. The van der Waals surface area contributed by atoms with Gasteiger partial charge in [-0.15, -0.1) is 6.58 Å². The van der Waals surface area contributed by atoms with Crippen molar-refractivity contribution in [2.45, 2.75) is 88.9 Å². The number of aliphatic hydroxyl groups is 2. The van der Waals surface area contributed by atoms with E-state index in [1.54, 1.807) is 31.4 Å². The molecule has 6 atom stereocenters. The van der Waals surface area contributed by atoms with E-state index in [4.69, 9.17) is 19.0 Å². The number of rotatable bonds is 19. The lowest BCUT2D eigenvalue weighted by atomic mass is 9.55. The molecule has 4 aliphatic rings. The van der Waals surface area contributed by atoms with Crippen LogP contribution in [0.15, 0.2) is 71.9 Å². The molecule has 1 aliphatic heterocycles. The zero-order valence-corrected chi connectivity index (χ0v) is 30.6. The van der Waals surface area contributed by atoms with E-state index in [9.17, 15) is 19.8 Å². The van der Waals surface area contributed by atoms with Crippen molar-refractivity contribution in [1.82, 2.24) is 4.90 Å². The molecule has 0 bridgehead atoms. The number of hydrogen-bond donors (Lipinski definition) is 2. The molecule has 280 valence electrons. The van der Waals surface area contributed by atoms with E-state index in [1.807, 2.05) is 29.2 Å². The Hall–Kier alpha value is -3.99. The fourth-order valence-corrected chi connectivity index (χ4v) is 8.83. The van der Waals surface area contributed by atoms with Gasteiger partial charge in [0.05, 0.1) is 18.2 Å². The zero-order chi connectivity index (χ0) is 36.7. The van der Waals surface area contributed by atoms with Crippen LogP contribution in [0.4, 0.5) is 0 Å². The largest absolute Gasteiger partial charge is 0.459 e. The second-order valence-electron chi connectivity index (χ2n) is 14.6. The van der Waals surface area contributed by atoms with Gasteiger partial charge in [-0.25, -0.2) is 0 Å². The number of aldehydes is 1. The summed E-state index contributed by atoms with van der Waals surface area (Å²) < 4.78 is 20.6. The number of allylic oxidation sites excluding steroid dienone is 1. The third-order valence-electron chi connectivity index (χ3n) is 11.1. The molecule has 3 aliphatic carbocycles. The number of unbranched alkanes of at least 4 members (excludes halogenated alkanes) is 2. The molecular weight excluding hydrogens is 660 g/mol. The highest BCUT2D eigenvalue weighted by atomic mass is 16.7. The van der Waals surface area contributed by atoms with Gasteiger partial charge >= 0.3 is 0 Å². The van der Waals surface area contributed by atoms with Crippen molar-refractivity contribution < 1.29 is 38.9 Å². The fourth-order valence-electron chi connectivity index (χ4n) is 8.83. The zero-order valence-electron chi connectivity index (χ0n) is 30.6. The Morgan fingerprint density at radius 2 is 1.85 bits per heavy atom. The number of ether oxygens (including phenoxy) is 3. The van der Waals surface area contributed by atoms with Gasteiger partial charge < -0.3 is 34.2 Å². The molecule has 1 heterocycles. The first-order valence-corrected chi connectivity index (χ1v) is 19.1. The van der Waals surface area contributed by atoms with Crippen LogP contribution in [0, 0.1) is 23.7 Å². The summed E-state index contributed by atoms with van der Waals surface area (Å²) in [5.41, 5.74) is 3.29. The molecule has 2 N–H and O–H groups in total. The van der Waals surface area contributed by atoms with Gasteiger partial charge in [0.1, 0.15) is 36.7 Å². The molecule has 0 radical (unpaired) electrons. The van der Waals surface area contributed by atoms with Crippen molar-refractivity contribution in [3.05, 3.63) is 77.9 Å². The van der Waals surface area contributed by atoms with Gasteiger partial charge in [-0.1, -0.05) is 49.2 Å². The van der Waals surface area contributed by atoms with E-state index in [-0.39, 0.29) is 55.3 Å². The lowest BCUT2D eigenvalue weighted by Gasteiger charge is -2.60. The average Bonchev–Trinajstić information content (AvgIpc) is 4.01. The lowest BCUT2D eigenvalue weighted by Crippen LogP contribution is -2.70. The lowest BCUT2D eigenvalue weighted by molar-refractivity contribution is -0.257. The second-order valence-corrected chi connectivity index (χ2v) is 14.6. The molecule has 0 saturated heterocycles. The van der Waals surface area contributed by atoms with Gasteiger partial charge in [0.25, 0.3) is 0 Å². The Morgan fingerprint density at radius 3 is 2.54 bits per heavy atom. The molecule has 2 saturated carbocycles. The third kappa shape index (κ3) is 7.70. The van der Waals surface area contributed by atoms with E-state index in [0.29, 0.717) is 48.6 Å². The van der Waals surface area contributed by atoms with Gasteiger partial charge in [-0.05, 0) is 92.7 Å². The number of amides is 1. The Kier molecular flexibility index (Phi) is 12.5. The van der Waals surface area contributed by atoms with Gasteiger partial charge in [0.15, 0.2) is 0 Å². The summed E-state index contributed by atoms with van der Waals surface area (Å²) in [6.07, 6.45) is 12.6. The first-order valence-electron chi connectivity index (χ1n) is 19.1. The van der Waals surface area contributed by atoms with E-state index in [2.05, 4.69) is 24.7 Å². The molecule has 2 fully saturated rings. The smallest absolute Gasteiger partial charge is 0.239 e. The highest BCUT2D eigenvalue weighted by molar-refractivity contribution is 6.03. The summed E-state index contributed by atoms with van der Waals surface area (Å²) in [7, 11) is 1.56. The van der Waals surface area contributed by atoms with Gasteiger partial charge in [-0.3, -0.25) is 9.59 Å². The van der Waals surface area contributed by atoms with Crippen molar-refractivity contribution in [3.63, 3.8) is 0 Å². The van der Waals surface area contributed by atoms with Crippen LogP contribution in [0.25, 0.3) is 0 Å². The first kappa shape index (κ1) is 37.8. The van der Waals surface area contributed by atoms with Crippen LogP contribution in [0.1, 0.15) is 93.0 Å². The number of nitrogens with zero attached hydrogens (tertiary/aromatic N) is 2. The number of benzene rings is 2. The molecule has 10 nitrogen and oxygen atoms in total. The minimum Gasteiger partial charge on any atom is -0.459 e. The molecule has 52 heavy (non-hydrogen) atoms. The van der Waals surface area contributed by atoms with Crippen molar-refractivity contribution in [3.8, 4) is 17.2 Å². The Balaban J connectivity index is 1.56. The predicted octanol–water partition coefficient (Wildman–Crippen LogP) is 7.20. The summed E-state index contributed by atoms with van der Waals surface area (Å²) in [5, 5.41) is 24.2. The van der Waals surface area contributed by atoms with Crippen LogP contribution in [0.5, 0.6) is 17.2 Å². The van der Waals surface area contributed by atoms with Crippen LogP contribution in [-0.4, -0.2) is 78.3 Å². The van der Waals surface area contributed by atoms with Gasteiger partial charge in [0, 0.05) is 49.1 Å². The van der Waals surface area contributed by atoms with E-state index < -0.39 is 11.8 Å². The first-order chi connectivity index (χ1) is 25.4. The van der Waals surface area contributed by atoms with E-state index >= 15 is 0 Å². The maximum absolute atomic E-state index is 14.2. The molecule has 6 rings (SSSR count). The molecule has 2 aromatic rings. The van der Waals surface area contributed by atoms with E-state index in [0.717, 1.165) is 68.1 Å². The summed E-state index contributed by atoms with van der Waals surface area (Å²) in [4.78, 5) is 33.2. The molecular formula is C42H54N2O8. The van der Waals surface area contributed by atoms with Crippen molar-refractivity contribution >= 4 is 17.9 Å². The summed E-state index contributed by atoms with van der Waals surface area (Å²) >= 11 is 0. The monoisotopic (exact) mass is 714 g/mol. The highest BCUT2D eigenvalue weighted by Gasteiger charge is 2.65. The second kappa shape index (κ2) is 17.2. The number of carbonyl (C=O) groups is 2. The summed E-state index contributed by atoms with van der Waals surface area (Å²) in [5.74, 6) is 0.465. The molecule has 0 aromatic heterocycles. The molecule has 2 aromatic carbocycles.